The number of nitrogens with zero attached hydrogens (tertiary/aromatic N) is 3. The molecule has 29 heavy (non-hydrogen) atoms. The third kappa shape index (κ3) is 4.86. The molecule has 0 spiro atoms. The van der Waals surface area contributed by atoms with Gasteiger partial charge in [0.05, 0.1) is 16.8 Å². The van der Waals surface area contributed by atoms with Crippen LogP contribution >= 0.6 is 0 Å². The van der Waals surface area contributed by atoms with Crippen LogP contribution in [0.4, 0.5) is 5.69 Å². The van der Waals surface area contributed by atoms with Gasteiger partial charge in [-0.05, 0) is 49.2 Å². The molecule has 148 valence electrons. The van der Waals surface area contributed by atoms with Gasteiger partial charge in [-0.3, -0.25) is 14.9 Å². The maximum Gasteiger partial charge on any atom is 0.277 e. The molecule has 2 aromatic carbocycles. The minimum absolute atomic E-state index is 0.0206. The summed E-state index contributed by atoms with van der Waals surface area (Å²) in [6.45, 7) is 3.70. The van der Waals surface area contributed by atoms with Crippen LogP contribution in [0.5, 0.6) is 5.75 Å². The zero-order chi connectivity index (χ0) is 20.8. The number of hydrazone groups is 1. The lowest BCUT2D eigenvalue weighted by molar-refractivity contribution is -0.384. The van der Waals surface area contributed by atoms with E-state index in [0.29, 0.717) is 11.4 Å². The molecular weight excluding hydrogens is 372 g/mol. The van der Waals surface area contributed by atoms with Crippen LogP contribution in [0.2, 0.25) is 0 Å². The van der Waals surface area contributed by atoms with Gasteiger partial charge >= 0.3 is 0 Å². The summed E-state index contributed by atoms with van der Waals surface area (Å²) >= 11 is 0. The number of rotatable bonds is 7. The largest absolute Gasteiger partial charge is 0.483 e. The van der Waals surface area contributed by atoms with Crippen molar-refractivity contribution < 1.29 is 14.5 Å². The lowest BCUT2D eigenvalue weighted by Gasteiger charge is -2.10. The van der Waals surface area contributed by atoms with E-state index in [1.807, 2.05) is 44.2 Å². The van der Waals surface area contributed by atoms with Gasteiger partial charge in [0.25, 0.3) is 11.6 Å². The Morgan fingerprint density at radius 1 is 1.14 bits per heavy atom. The molecule has 1 N–H and O–H groups in total. The molecule has 0 aliphatic heterocycles. The molecule has 8 heteroatoms. The first-order chi connectivity index (χ1) is 14.0. The summed E-state index contributed by atoms with van der Waals surface area (Å²) < 4.78 is 7.39. The first-order valence-corrected chi connectivity index (χ1v) is 8.89. The molecule has 0 atom stereocenters. The maximum absolute atomic E-state index is 12.0. The Hall–Kier alpha value is -3.94. The number of hydrogen-bond donors (Lipinski definition) is 1. The number of aryl methyl sites for hydroxylation is 2. The van der Waals surface area contributed by atoms with Crippen LogP contribution in [0.15, 0.2) is 65.9 Å². The van der Waals surface area contributed by atoms with Crippen LogP contribution in [0, 0.1) is 24.0 Å². The number of benzene rings is 2. The fraction of sp³-hybridized carbons (Fsp3) is 0.143. The van der Waals surface area contributed by atoms with E-state index in [1.165, 1.54) is 18.3 Å². The van der Waals surface area contributed by atoms with Crippen molar-refractivity contribution in [3.63, 3.8) is 0 Å². The summed E-state index contributed by atoms with van der Waals surface area (Å²) in [4.78, 5) is 22.3. The van der Waals surface area contributed by atoms with E-state index in [-0.39, 0.29) is 18.2 Å². The van der Waals surface area contributed by atoms with Gasteiger partial charge in [-0.1, -0.05) is 18.2 Å². The summed E-state index contributed by atoms with van der Waals surface area (Å²) in [7, 11) is 0. The number of non-ortho nitro benzene ring substituents is 1. The highest BCUT2D eigenvalue weighted by Crippen LogP contribution is 2.22. The standard InChI is InChI=1S/C21H20N4O4/c1-15-5-3-6-16(2)21(15)29-14-20(26)23-22-13-19-7-4-12-24(19)17-8-10-18(11-9-17)25(27)28/h3-13H,14H2,1-2H3,(H,23,26)/b22-13-. The molecule has 3 aromatic rings. The maximum atomic E-state index is 12.0. The van der Waals surface area contributed by atoms with Crippen molar-refractivity contribution in [2.24, 2.45) is 5.10 Å². The Kier molecular flexibility index (Phi) is 6.03. The number of para-hydroxylation sites is 1. The highest BCUT2D eigenvalue weighted by atomic mass is 16.6. The first-order valence-electron chi connectivity index (χ1n) is 8.89. The fourth-order valence-corrected chi connectivity index (χ4v) is 2.84. The Labute approximate surface area is 167 Å². The number of nitro benzene ring substituents is 1. The van der Waals surface area contributed by atoms with Crippen LogP contribution < -0.4 is 10.2 Å². The van der Waals surface area contributed by atoms with Crippen molar-refractivity contribution in [2.45, 2.75) is 13.8 Å². The average Bonchev–Trinajstić information content (AvgIpc) is 3.16. The number of ether oxygens (including phenoxy) is 1. The fourth-order valence-electron chi connectivity index (χ4n) is 2.84. The summed E-state index contributed by atoms with van der Waals surface area (Å²) in [5.74, 6) is 0.316. The van der Waals surface area contributed by atoms with Crippen molar-refractivity contribution in [3.05, 3.63) is 87.7 Å². The van der Waals surface area contributed by atoms with Crippen molar-refractivity contribution in [3.8, 4) is 11.4 Å². The molecular formula is C21H20N4O4. The number of hydrogen-bond acceptors (Lipinski definition) is 5. The zero-order valence-corrected chi connectivity index (χ0v) is 16.0. The highest BCUT2D eigenvalue weighted by Gasteiger charge is 2.08. The number of nitrogens with one attached hydrogen (secondary N) is 1. The topological polar surface area (TPSA) is 98.8 Å². The van der Waals surface area contributed by atoms with Gasteiger partial charge in [0, 0.05) is 24.0 Å². The van der Waals surface area contributed by atoms with Crippen LogP contribution in [0.3, 0.4) is 0 Å². The monoisotopic (exact) mass is 392 g/mol. The van der Waals surface area contributed by atoms with Crippen LogP contribution in [0.1, 0.15) is 16.8 Å². The van der Waals surface area contributed by atoms with Gasteiger partial charge in [-0.2, -0.15) is 5.10 Å². The summed E-state index contributed by atoms with van der Waals surface area (Å²) in [6.07, 6.45) is 3.30. The smallest absolute Gasteiger partial charge is 0.277 e. The Bertz CT molecular complexity index is 1030. The SMILES string of the molecule is Cc1cccc(C)c1OCC(=O)N/N=C\c1cccn1-c1ccc([N+](=O)[O-])cc1. The third-order valence-corrected chi connectivity index (χ3v) is 4.26. The number of carbonyl (C=O) groups excluding carboxylic acids is 1. The second-order valence-electron chi connectivity index (χ2n) is 6.38. The highest BCUT2D eigenvalue weighted by molar-refractivity contribution is 5.82. The van der Waals surface area contributed by atoms with E-state index in [9.17, 15) is 14.9 Å². The van der Waals surface area contributed by atoms with E-state index < -0.39 is 4.92 Å². The van der Waals surface area contributed by atoms with E-state index >= 15 is 0 Å². The second-order valence-corrected chi connectivity index (χ2v) is 6.38. The summed E-state index contributed by atoms with van der Waals surface area (Å²) in [6, 6.07) is 15.6. The average molecular weight is 392 g/mol. The van der Waals surface area contributed by atoms with E-state index in [1.54, 1.807) is 22.9 Å². The molecule has 0 saturated heterocycles. The van der Waals surface area contributed by atoms with Gasteiger partial charge in [-0.25, -0.2) is 5.43 Å². The van der Waals surface area contributed by atoms with Gasteiger partial charge in [0.2, 0.25) is 0 Å². The quantitative estimate of drug-likeness (QED) is 0.378. The third-order valence-electron chi connectivity index (χ3n) is 4.26. The minimum Gasteiger partial charge on any atom is -0.483 e. The van der Waals surface area contributed by atoms with Crippen molar-refractivity contribution in [1.82, 2.24) is 9.99 Å². The van der Waals surface area contributed by atoms with Crippen molar-refractivity contribution in [1.29, 1.82) is 0 Å². The lowest BCUT2D eigenvalue weighted by Crippen LogP contribution is -2.25. The number of carbonyl (C=O) groups is 1. The molecule has 1 aromatic heterocycles. The number of nitro groups is 1. The second kappa shape index (κ2) is 8.83. The minimum atomic E-state index is -0.447. The van der Waals surface area contributed by atoms with Gasteiger partial charge < -0.3 is 9.30 Å². The molecule has 8 nitrogen and oxygen atoms in total. The lowest BCUT2D eigenvalue weighted by atomic mass is 10.1. The van der Waals surface area contributed by atoms with Crippen LogP contribution in [-0.4, -0.2) is 28.2 Å². The van der Waals surface area contributed by atoms with E-state index in [0.717, 1.165) is 16.8 Å². The molecule has 0 saturated carbocycles. The molecule has 0 bridgehead atoms. The first kappa shape index (κ1) is 19.8. The van der Waals surface area contributed by atoms with Crippen LogP contribution in [0.25, 0.3) is 5.69 Å². The van der Waals surface area contributed by atoms with E-state index in [2.05, 4.69) is 10.5 Å². The van der Waals surface area contributed by atoms with Crippen molar-refractivity contribution >= 4 is 17.8 Å². The normalized spacial score (nSPS) is 10.8. The molecule has 3 rings (SSSR count). The zero-order valence-electron chi connectivity index (χ0n) is 16.0. The predicted molar refractivity (Wildman–Crippen MR) is 110 cm³/mol. The molecule has 0 aliphatic carbocycles. The molecule has 1 heterocycles. The molecule has 0 fully saturated rings. The number of aromatic nitrogens is 1. The molecule has 0 radical (unpaired) electrons. The Balaban J connectivity index is 1.60. The van der Waals surface area contributed by atoms with Gasteiger partial charge in [-0.15, -0.1) is 0 Å². The molecule has 0 aliphatic rings. The van der Waals surface area contributed by atoms with Crippen molar-refractivity contribution in [2.75, 3.05) is 6.61 Å². The molecule has 1 amide bonds. The predicted octanol–water partition coefficient (Wildman–Crippen LogP) is 3.53. The summed E-state index contributed by atoms with van der Waals surface area (Å²) in [5, 5.41) is 14.7. The van der Waals surface area contributed by atoms with Gasteiger partial charge in [0.15, 0.2) is 6.61 Å². The van der Waals surface area contributed by atoms with Crippen LogP contribution in [-0.2, 0) is 4.79 Å². The Morgan fingerprint density at radius 2 is 1.83 bits per heavy atom. The number of amides is 1. The molecule has 0 unspecified atom stereocenters. The van der Waals surface area contributed by atoms with E-state index in [4.69, 9.17) is 4.74 Å². The summed E-state index contributed by atoms with van der Waals surface area (Å²) in [5.41, 5.74) is 5.82. The van der Waals surface area contributed by atoms with Gasteiger partial charge in [0.1, 0.15) is 5.75 Å². The Morgan fingerprint density at radius 3 is 2.48 bits per heavy atom.